The Kier molecular flexibility index (Phi) is 3.72. The molecule has 0 saturated carbocycles. The summed E-state index contributed by atoms with van der Waals surface area (Å²) in [5.74, 6) is -2.47. The molecule has 0 saturated heterocycles. The van der Waals surface area contributed by atoms with Crippen molar-refractivity contribution < 1.29 is 27.5 Å². The van der Waals surface area contributed by atoms with Crippen LogP contribution in [0.3, 0.4) is 0 Å². The number of benzene rings is 2. The van der Waals surface area contributed by atoms with Crippen LogP contribution in [0.2, 0.25) is 0 Å². The number of carbonyl (C=O) groups is 1. The topological polar surface area (TPSA) is 37.3 Å². The number of aryl methyl sites for hydroxylation is 1. The number of aromatic carboxylic acids is 1. The molecule has 0 radical (unpaired) electrons. The SMILES string of the molecule is Cc1cc(C(=O)O)ccc1-c1ccc(F)c(C(F)(F)F)c1. The van der Waals surface area contributed by atoms with Crippen LogP contribution in [0.5, 0.6) is 0 Å². The third-order valence-electron chi connectivity index (χ3n) is 3.06. The summed E-state index contributed by atoms with van der Waals surface area (Å²) in [5, 5.41) is 8.86. The average molecular weight is 298 g/mol. The molecule has 2 nitrogen and oxygen atoms in total. The highest BCUT2D eigenvalue weighted by Crippen LogP contribution is 2.35. The zero-order chi connectivity index (χ0) is 15.8. The summed E-state index contributed by atoms with van der Waals surface area (Å²) in [6, 6.07) is 6.76. The number of carboxylic acids is 1. The van der Waals surface area contributed by atoms with Crippen molar-refractivity contribution >= 4 is 5.97 Å². The fourth-order valence-corrected chi connectivity index (χ4v) is 2.03. The van der Waals surface area contributed by atoms with E-state index in [-0.39, 0.29) is 11.1 Å². The van der Waals surface area contributed by atoms with Gasteiger partial charge in [-0.05, 0) is 47.9 Å². The number of hydrogen-bond acceptors (Lipinski definition) is 1. The molecule has 110 valence electrons. The second-order valence-corrected chi connectivity index (χ2v) is 4.53. The maximum Gasteiger partial charge on any atom is 0.419 e. The van der Waals surface area contributed by atoms with E-state index in [2.05, 4.69) is 0 Å². The van der Waals surface area contributed by atoms with E-state index in [1.165, 1.54) is 24.3 Å². The average Bonchev–Trinajstić information content (AvgIpc) is 2.38. The molecule has 2 aromatic rings. The van der Waals surface area contributed by atoms with E-state index in [1.807, 2.05) is 0 Å². The first kappa shape index (κ1) is 15.0. The molecule has 0 unspecified atom stereocenters. The highest BCUT2D eigenvalue weighted by atomic mass is 19.4. The lowest BCUT2D eigenvalue weighted by atomic mass is 9.97. The van der Waals surface area contributed by atoms with Gasteiger partial charge in [0.25, 0.3) is 0 Å². The predicted octanol–water partition coefficient (Wildman–Crippen LogP) is 4.52. The lowest BCUT2D eigenvalue weighted by Crippen LogP contribution is -2.08. The Balaban J connectivity index is 2.55. The van der Waals surface area contributed by atoms with E-state index >= 15 is 0 Å². The summed E-state index contributed by atoms with van der Waals surface area (Å²) in [4.78, 5) is 10.8. The summed E-state index contributed by atoms with van der Waals surface area (Å²) in [7, 11) is 0. The Hall–Kier alpha value is -2.37. The molecule has 6 heteroatoms. The van der Waals surface area contributed by atoms with Crippen molar-refractivity contribution in [1.82, 2.24) is 0 Å². The van der Waals surface area contributed by atoms with Crippen LogP contribution in [0.25, 0.3) is 11.1 Å². The molecule has 0 amide bonds. The van der Waals surface area contributed by atoms with Gasteiger partial charge < -0.3 is 5.11 Å². The Labute approximate surface area is 117 Å². The molecule has 0 aliphatic carbocycles. The largest absolute Gasteiger partial charge is 0.478 e. The zero-order valence-corrected chi connectivity index (χ0v) is 10.8. The van der Waals surface area contributed by atoms with Crippen LogP contribution in [-0.2, 0) is 6.18 Å². The number of carboxylic acid groups (broad SMARTS) is 1. The van der Waals surface area contributed by atoms with E-state index in [0.717, 1.165) is 12.1 Å². The lowest BCUT2D eigenvalue weighted by molar-refractivity contribution is -0.139. The van der Waals surface area contributed by atoms with Gasteiger partial charge in [0, 0.05) is 0 Å². The van der Waals surface area contributed by atoms with Gasteiger partial charge in [-0.15, -0.1) is 0 Å². The monoisotopic (exact) mass is 298 g/mol. The van der Waals surface area contributed by atoms with E-state index in [9.17, 15) is 22.4 Å². The van der Waals surface area contributed by atoms with E-state index in [1.54, 1.807) is 6.92 Å². The molecule has 0 aliphatic rings. The molecular weight excluding hydrogens is 288 g/mol. The first-order valence-electron chi connectivity index (χ1n) is 5.91. The smallest absolute Gasteiger partial charge is 0.419 e. The standard InChI is InChI=1S/C15H10F4O2/c1-8-6-10(14(20)21)2-4-11(8)9-3-5-13(16)12(7-9)15(17,18)19/h2-7H,1H3,(H,20,21). The Morgan fingerprint density at radius 2 is 1.76 bits per heavy atom. The second kappa shape index (κ2) is 5.20. The van der Waals surface area contributed by atoms with Gasteiger partial charge in [0.2, 0.25) is 0 Å². The predicted molar refractivity (Wildman–Crippen MR) is 68.5 cm³/mol. The third kappa shape index (κ3) is 3.04. The molecule has 0 spiro atoms. The Morgan fingerprint density at radius 1 is 1.10 bits per heavy atom. The molecule has 2 aromatic carbocycles. The molecule has 21 heavy (non-hydrogen) atoms. The summed E-state index contributed by atoms with van der Waals surface area (Å²) < 4.78 is 51.3. The summed E-state index contributed by atoms with van der Waals surface area (Å²) in [5.41, 5.74) is -0.214. The van der Waals surface area contributed by atoms with Gasteiger partial charge in [-0.25, -0.2) is 9.18 Å². The lowest BCUT2D eigenvalue weighted by Gasteiger charge is -2.12. The summed E-state index contributed by atoms with van der Waals surface area (Å²) in [6.07, 6.45) is -4.78. The minimum atomic E-state index is -4.78. The van der Waals surface area contributed by atoms with E-state index < -0.39 is 23.5 Å². The fourth-order valence-electron chi connectivity index (χ4n) is 2.03. The van der Waals surface area contributed by atoms with Crippen LogP contribution in [0.15, 0.2) is 36.4 Å². The van der Waals surface area contributed by atoms with Gasteiger partial charge in [0.15, 0.2) is 0 Å². The van der Waals surface area contributed by atoms with Crippen LogP contribution in [0, 0.1) is 12.7 Å². The third-order valence-corrected chi connectivity index (χ3v) is 3.06. The van der Waals surface area contributed by atoms with Crippen LogP contribution in [0.4, 0.5) is 17.6 Å². The van der Waals surface area contributed by atoms with Gasteiger partial charge in [0.05, 0.1) is 11.1 Å². The molecule has 1 N–H and O–H groups in total. The zero-order valence-electron chi connectivity index (χ0n) is 10.8. The maximum atomic E-state index is 13.3. The highest BCUT2D eigenvalue weighted by molar-refractivity contribution is 5.89. The molecule has 0 heterocycles. The molecule has 0 aliphatic heterocycles. The van der Waals surface area contributed by atoms with Gasteiger partial charge in [0.1, 0.15) is 5.82 Å². The van der Waals surface area contributed by atoms with Gasteiger partial charge in [-0.3, -0.25) is 0 Å². The van der Waals surface area contributed by atoms with Crippen molar-refractivity contribution in [3.05, 3.63) is 58.9 Å². The van der Waals surface area contributed by atoms with Crippen molar-refractivity contribution in [2.24, 2.45) is 0 Å². The minimum Gasteiger partial charge on any atom is -0.478 e. The quantitative estimate of drug-likeness (QED) is 0.828. The van der Waals surface area contributed by atoms with Gasteiger partial charge >= 0.3 is 12.1 Å². The van der Waals surface area contributed by atoms with E-state index in [4.69, 9.17) is 5.11 Å². The number of halogens is 4. The number of hydrogen-bond donors (Lipinski definition) is 1. The molecule has 2 rings (SSSR count). The molecule has 0 fully saturated rings. The van der Waals surface area contributed by atoms with E-state index in [0.29, 0.717) is 11.1 Å². The van der Waals surface area contributed by atoms with Crippen molar-refractivity contribution in [3.8, 4) is 11.1 Å². The number of alkyl halides is 3. The first-order chi connectivity index (χ1) is 9.70. The number of rotatable bonds is 2. The van der Waals surface area contributed by atoms with Crippen LogP contribution >= 0.6 is 0 Å². The Bertz CT molecular complexity index is 705. The first-order valence-corrected chi connectivity index (χ1v) is 5.91. The van der Waals surface area contributed by atoms with Crippen molar-refractivity contribution in [3.63, 3.8) is 0 Å². The van der Waals surface area contributed by atoms with Gasteiger partial charge in [-0.2, -0.15) is 13.2 Å². The van der Waals surface area contributed by atoms with Crippen molar-refractivity contribution in [1.29, 1.82) is 0 Å². The fraction of sp³-hybridized carbons (Fsp3) is 0.133. The summed E-state index contributed by atoms with van der Waals surface area (Å²) >= 11 is 0. The Morgan fingerprint density at radius 3 is 2.29 bits per heavy atom. The summed E-state index contributed by atoms with van der Waals surface area (Å²) in [6.45, 7) is 1.58. The molecule has 0 atom stereocenters. The molecule has 0 aromatic heterocycles. The van der Waals surface area contributed by atoms with Crippen LogP contribution in [0.1, 0.15) is 21.5 Å². The normalized spacial score (nSPS) is 11.5. The van der Waals surface area contributed by atoms with Crippen molar-refractivity contribution in [2.45, 2.75) is 13.1 Å². The van der Waals surface area contributed by atoms with Gasteiger partial charge in [-0.1, -0.05) is 12.1 Å². The minimum absolute atomic E-state index is 0.0365. The van der Waals surface area contributed by atoms with Crippen LogP contribution < -0.4 is 0 Å². The van der Waals surface area contributed by atoms with Crippen molar-refractivity contribution in [2.75, 3.05) is 0 Å². The highest BCUT2D eigenvalue weighted by Gasteiger charge is 2.34. The maximum absolute atomic E-state index is 13.3. The second-order valence-electron chi connectivity index (χ2n) is 4.53. The molecule has 0 bridgehead atoms. The molecular formula is C15H10F4O2. The van der Waals surface area contributed by atoms with Crippen LogP contribution in [-0.4, -0.2) is 11.1 Å².